The van der Waals surface area contributed by atoms with Crippen molar-refractivity contribution < 1.29 is 31.5 Å². The van der Waals surface area contributed by atoms with Gasteiger partial charge >= 0.3 is 12.1 Å². The molecule has 0 radical (unpaired) electrons. The summed E-state index contributed by atoms with van der Waals surface area (Å²) in [6, 6.07) is 9.76. The highest BCUT2D eigenvalue weighted by Gasteiger charge is 2.42. The molecular formula is C28H27F3N2O4S. The zero-order valence-corrected chi connectivity index (χ0v) is 21.5. The predicted molar refractivity (Wildman–Crippen MR) is 134 cm³/mol. The Morgan fingerprint density at radius 2 is 1.84 bits per heavy atom. The third-order valence-corrected chi connectivity index (χ3v) is 9.94. The standard InChI is InChI=1S/C28H27F3N2O4S/c1-16-13-18-7-8-19(28(29,30)31)14-25(18)38(36,37)33(15-16)24-10-9-21-20(24)3-2-4-23(21)32-12-11-22(27(34)35)26(32)17-5-6-17/h2-4,7-8,11-12,14,16-17,24H,5-6,9-10,13,15H2,1H3,(H,34,35)/t16-,24?/m0/s1. The summed E-state index contributed by atoms with van der Waals surface area (Å²) in [6.07, 6.45) is 0.410. The lowest BCUT2D eigenvalue weighted by molar-refractivity contribution is -0.137. The van der Waals surface area contributed by atoms with Crippen molar-refractivity contribution in [3.8, 4) is 5.69 Å². The normalized spacial score (nSPS) is 23.1. The smallest absolute Gasteiger partial charge is 0.416 e. The third kappa shape index (κ3) is 4.05. The maximum absolute atomic E-state index is 13.9. The molecule has 6 rings (SSSR count). The molecule has 200 valence electrons. The minimum absolute atomic E-state index is 0.0842. The number of hydrogen-bond donors (Lipinski definition) is 1. The molecule has 2 atom stereocenters. The SMILES string of the molecule is C[C@H]1Cc2ccc(C(F)(F)F)cc2S(=O)(=O)N(C2CCc3c2cccc3-n2ccc(C(=O)O)c2C2CC2)C1. The van der Waals surface area contributed by atoms with Crippen LogP contribution in [0.5, 0.6) is 0 Å². The molecule has 10 heteroatoms. The fourth-order valence-electron chi connectivity index (χ4n) is 6.15. The van der Waals surface area contributed by atoms with Gasteiger partial charge in [0, 0.05) is 30.0 Å². The second kappa shape index (κ2) is 8.71. The molecule has 0 spiro atoms. The number of sulfonamides is 1. The number of alkyl halides is 3. The van der Waals surface area contributed by atoms with Crippen molar-refractivity contribution in [2.75, 3.05) is 6.54 Å². The van der Waals surface area contributed by atoms with E-state index in [9.17, 15) is 31.5 Å². The first kappa shape index (κ1) is 25.2. The first-order valence-corrected chi connectivity index (χ1v) is 14.2. The van der Waals surface area contributed by atoms with E-state index in [1.165, 1.54) is 10.4 Å². The zero-order chi connectivity index (χ0) is 27.0. The number of rotatable bonds is 4. The Kier molecular flexibility index (Phi) is 5.77. The van der Waals surface area contributed by atoms with Crippen LogP contribution in [-0.4, -0.2) is 34.9 Å². The van der Waals surface area contributed by atoms with Gasteiger partial charge in [0.25, 0.3) is 0 Å². The third-order valence-electron chi connectivity index (χ3n) is 7.98. The lowest BCUT2D eigenvalue weighted by atomic mass is 9.99. The monoisotopic (exact) mass is 544 g/mol. The molecule has 1 aliphatic heterocycles. The molecule has 3 aromatic rings. The molecule has 1 N–H and O–H groups in total. The van der Waals surface area contributed by atoms with Crippen molar-refractivity contribution in [1.82, 2.24) is 8.87 Å². The van der Waals surface area contributed by atoms with E-state index in [-0.39, 0.29) is 28.8 Å². The van der Waals surface area contributed by atoms with Crippen molar-refractivity contribution >= 4 is 16.0 Å². The van der Waals surface area contributed by atoms with Crippen molar-refractivity contribution in [2.45, 2.75) is 62.1 Å². The van der Waals surface area contributed by atoms with E-state index in [4.69, 9.17) is 0 Å². The van der Waals surface area contributed by atoms with Gasteiger partial charge < -0.3 is 9.67 Å². The summed E-state index contributed by atoms with van der Waals surface area (Å²) in [5.41, 5.74) is 3.07. The van der Waals surface area contributed by atoms with Gasteiger partial charge in [-0.3, -0.25) is 0 Å². The number of carbonyl (C=O) groups is 1. The molecule has 2 aliphatic carbocycles. The van der Waals surface area contributed by atoms with Crippen molar-refractivity contribution in [3.63, 3.8) is 0 Å². The molecule has 38 heavy (non-hydrogen) atoms. The topological polar surface area (TPSA) is 79.6 Å². The molecule has 6 nitrogen and oxygen atoms in total. The molecule has 1 aromatic heterocycles. The fraction of sp³-hybridized carbons (Fsp3) is 0.393. The van der Waals surface area contributed by atoms with Crippen LogP contribution in [0.2, 0.25) is 0 Å². The zero-order valence-electron chi connectivity index (χ0n) is 20.7. The van der Waals surface area contributed by atoms with Gasteiger partial charge in [0.2, 0.25) is 10.0 Å². The average Bonchev–Trinajstić information content (AvgIpc) is 3.46. The Bertz CT molecular complexity index is 1560. The van der Waals surface area contributed by atoms with Crippen LogP contribution in [0.1, 0.15) is 76.5 Å². The van der Waals surface area contributed by atoms with Crippen molar-refractivity contribution in [3.05, 3.63) is 82.2 Å². The Morgan fingerprint density at radius 1 is 1.08 bits per heavy atom. The Hall–Kier alpha value is -3.11. The predicted octanol–water partition coefficient (Wildman–Crippen LogP) is 5.94. The molecule has 0 saturated heterocycles. The van der Waals surface area contributed by atoms with Gasteiger partial charge in [-0.25, -0.2) is 13.2 Å². The van der Waals surface area contributed by atoms with Crippen LogP contribution in [-0.2, 0) is 29.0 Å². The first-order chi connectivity index (χ1) is 18.0. The summed E-state index contributed by atoms with van der Waals surface area (Å²) in [5, 5.41) is 9.71. The van der Waals surface area contributed by atoms with Crippen LogP contribution in [0.25, 0.3) is 5.69 Å². The second-order valence-electron chi connectivity index (χ2n) is 10.7. The summed E-state index contributed by atoms with van der Waals surface area (Å²) in [6.45, 7) is 2.11. The van der Waals surface area contributed by atoms with E-state index >= 15 is 0 Å². The van der Waals surface area contributed by atoms with E-state index < -0.39 is 33.8 Å². The van der Waals surface area contributed by atoms with Crippen molar-refractivity contribution in [1.29, 1.82) is 0 Å². The number of hydrogen-bond acceptors (Lipinski definition) is 3. The largest absolute Gasteiger partial charge is 0.478 e. The highest BCUT2D eigenvalue weighted by molar-refractivity contribution is 7.89. The Morgan fingerprint density at radius 3 is 2.53 bits per heavy atom. The summed E-state index contributed by atoms with van der Waals surface area (Å²) in [4.78, 5) is 11.6. The minimum Gasteiger partial charge on any atom is -0.478 e. The summed E-state index contributed by atoms with van der Waals surface area (Å²) in [7, 11) is -4.21. The summed E-state index contributed by atoms with van der Waals surface area (Å²) < 4.78 is 71.6. The highest BCUT2D eigenvalue weighted by atomic mass is 32.2. The number of carboxylic acids is 1. The van der Waals surface area contributed by atoms with E-state index in [1.54, 1.807) is 12.3 Å². The van der Waals surface area contributed by atoms with Gasteiger partial charge in [-0.1, -0.05) is 25.1 Å². The maximum atomic E-state index is 13.9. The molecular weight excluding hydrogens is 517 g/mol. The number of carboxylic acid groups (broad SMARTS) is 1. The minimum atomic E-state index is -4.65. The van der Waals surface area contributed by atoms with Crippen LogP contribution in [0.3, 0.4) is 0 Å². The molecule has 0 amide bonds. The molecule has 0 bridgehead atoms. The average molecular weight is 545 g/mol. The van der Waals surface area contributed by atoms with Gasteiger partial charge in [-0.15, -0.1) is 0 Å². The van der Waals surface area contributed by atoms with Gasteiger partial charge in [0.05, 0.1) is 22.1 Å². The van der Waals surface area contributed by atoms with Gasteiger partial charge in [0.1, 0.15) is 0 Å². The van der Waals surface area contributed by atoms with Gasteiger partial charge in [0.15, 0.2) is 0 Å². The lowest BCUT2D eigenvalue weighted by Crippen LogP contribution is -2.36. The Labute approximate surface area is 218 Å². The van der Waals surface area contributed by atoms with Crippen LogP contribution >= 0.6 is 0 Å². The van der Waals surface area contributed by atoms with E-state index in [1.807, 2.05) is 29.7 Å². The summed E-state index contributed by atoms with van der Waals surface area (Å²) in [5.74, 6) is -0.882. The molecule has 1 saturated carbocycles. The fourth-order valence-corrected chi connectivity index (χ4v) is 8.17. The van der Waals surface area contributed by atoms with E-state index in [0.29, 0.717) is 24.8 Å². The second-order valence-corrected chi connectivity index (χ2v) is 12.5. The molecule has 2 aromatic carbocycles. The van der Waals surface area contributed by atoms with E-state index in [0.717, 1.165) is 47.5 Å². The number of fused-ring (bicyclic) bond motifs is 2. The lowest BCUT2D eigenvalue weighted by Gasteiger charge is -2.29. The first-order valence-electron chi connectivity index (χ1n) is 12.8. The summed E-state index contributed by atoms with van der Waals surface area (Å²) >= 11 is 0. The van der Waals surface area contributed by atoms with Crippen LogP contribution < -0.4 is 0 Å². The van der Waals surface area contributed by atoms with Crippen molar-refractivity contribution in [2.24, 2.45) is 5.92 Å². The number of halogens is 3. The molecule has 3 aliphatic rings. The number of aromatic nitrogens is 1. The van der Waals surface area contributed by atoms with Gasteiger partial charge in [-0.2, -0.15) is 17.5 Å². The van der Waals surface area contributed by atoms with Crippen LogP contribution in [0, 0.1) is 5.92 Å². The molecule has 2 heterocycles. The molecule has 1 unspecified atom stereocenters. The van der Waals surface area contributed by atoms with E-state index in [2.05, 4.69) is 0 Å². The van der Waals surface area contributed by atoms with Crippen LogP contribution in [0.15, 0.2) is 53.6 Å². The number of benzene rings is 2. The highest BCUT2D eigenvalue weighted by Crippen LogP contribution is 2.47. The quantitative estimate of drug-likeness (QED) is 0.441. The maximum Gasteiger partial charge on any atom is 0.416 e. The van der Waals surface area contributed by atoms with Gasteiger partial charge in [-0.05, 0) is 79.0 Å². The number of nitrogens with zero attached hydrogens (tertiary/aromatic N) is 2. The number of aromatic carboxylic acids is 1. The molecule has 1 fully saturated rings. The van der Waals surface area contributed by atoms with Crippen LogP contribution in [0.4, 0.5) is 13.2 Å². The Balaban J connectivity index is 1.44.